The first kappa shape index (κ1) is 12.7. The number of rotatable bonds is 5. The molecule has 0 fully saturated rings. The van der Waals surface area contributed by atoms with Crippen molar-refractivity contribution in [3.8, 4) is 0 Å². The third-order valence-corrected chi connectivity index (χ3v) is 3.23. The number of pyridine rings is 1. The van der Waals surface area contributed by atoms with Gasteiger partial charge in [0.05, 0.1) is 23.7 Å². The molecule has 0 aliphatic rings. The molecule has 0 spiro atoms. The van der Waals surface area contributed by atoms with Crippen LogP contribution in [0.5, 0.6) is 0 Å². The first-order valence-corrected chi connectivity index (χ1v) is 6.63. The van der Waals surface area contributed by atoms with Gasteiger partial charge in [0.1, 0.15) is 0 Å². The quantitative estimate of drug-likeness (QED) is 0.775. The Kier molecular flexibility index (Phi) is 4.41. The predicted molar refractivity (Wildman–Crippen MR) is 69.5 cm³/mol. The first-order valence-electron chi connectivity index (χ1n) is 5.75. The van der Waals surface area contributed by atoms with E-state index in [1.807, 2.05) is 17.5 Å². The maximum absolute atomic E-state index is 11.3. The summed E-state index contributed by atoms with van der Waals surface area (Å²) >= 11 is 1.57. The molecule has 0 unspecified atom stereocenters. The standard InChI is InChI=1S/C13H14N2O2S/c1-2-17-13(16)8-11-9-18-12(15-11)7-10-3-5-14-6-4-10/h3-6,9H,2,7-8H2,1H3. The van der Waals surface area contributed by atoms with Crippen LogP contribution in [0.15, 0.2) is 29.9 Å². The van der Waals surface area contributed by atoms with Crippen LogP contribution >= 0.6 is 11.3 Å². The summed E-state index contributed by atoms with van der Waals surface area (Å²) in [4.78, 5) is 19.7. The maximum atomic E-state index is 11.3. The normalized spacial score (nSPS) is 10.3. The average molecular weight is 262 g/mol. The van der Waals surface area contributed by atoms with Gasteiger partial charge in [0.2, 0.25) is 0 Å². The van der Waals surface area contributed by atoms with Crippen molar-refractivity contribution in [1.82, 2.24) is 9.97 Å². The van der Waals surface area contributed by atoms with Crippen LogP contribution < -0.4 is 0 Å². The van der Waals surface area contributed by atoms with Crippen LogP contribution in [-0.4, -0.2) is 22.5 Å². The summed E-state index contributed by atoms with van der Waals surface area (Å²) in [6.07, 6.45) is 4.56. The molecule has 4 nitrogen and oxygen atoms in total. The number of carbonyl (C=O) groups excluding carboxylic acids is 1. The van der Waals surface area contributed by atoms with Gasteiger partial charge in [-0.1, -0.05) is 0 Å². The summed E-state index contributed by atoms with van der Waals surface area (Å²) in [5, 5.41) is 2.91. The molecule has 2 aromatic rings. The number of carbonyl (C=O) groups is 1. The van der Waals surface area contributed by atoms with E-state index in [0.29, 0.717) is 6.61 Å². The minimum atomic E-state index is -0.224. The Morgan fingerprint density at radius 1 is 1.39 bits per heavy atom. The van der Waals surface area contributed by atoms with Gasteiger partial charge in [-0.25, -0.2) is 4.98 Å². The molecule has 0 atom stereocenters. The van der Waals surface area contributed by atoms with Crippen LogP contribution in [0.2, 0.25) is 0 Å². The topological polar surface area (TPSA) is 52.1 Å². The van der Waals surface area contributed by atoms with Gasteiger partial charge in [-0.15, -0.1) is 11.3 Å². The van der Waals surface area contributed by atoms with E-state index in [0.717, 1.165) is 17.1 Å². The zero-order valence-corrected chi connectivity index (χ0v) is 10.9. The molecular formula is C13H14N2O2S. The van der Waals surface area contributed by atoms with E-state index in [4.69, 9.17) is 4.74 Å². The van der Waals surface area contributed by atoms with Crippen molar-refractivity contribution in [1.29, 1.82) is 0 Å². The van der Waals surface area contributed by atoms with Gasteiger partial charge in [-0.2, -0.15) is 0 Å². The lowest BCUT2D eigenvalue weighted by molar-refractivity contribution is -0.142. The molecule has 0 saturated carbocycles. The second kappa shape index (κ2) is 6.26. The molecule has 2 aromatic heterocycles. The van der Waals surface area contributed by atoms with Gasteiger partial charge in [0.15, 0.2) is 0 Å². The zero-order chi connectivity index (χ0) is 12.8. The molecule has 0 amide bonds. The molecule has 18 heavy (non-hydrogen) atoms. The van der Waals surface area contributed by atoms with Crippen LogP contribution in [0, 0.1) is 0 Å². The molecule has 0 aliphatic carbocycles. The van der Waals surface area contributed by atoms with Crippen molar-refractivity contribution in [2.45, 2.75) is 19.8 Å². The van der Waals surface area contributed by atoms with Crippen molar-refractivity contribution in [3.05, 3.63) is 46.2 Å². The minimum absolute atomic E-state index is 0.224. The molecule has 0 saturated heterocycles. The van der Waals surface area contributed by atoms with Gasteiger partial charge >= 0.3 is 5.97 Å². The van der Waals surface area contributed by atoms with E-state index < -0.39 is 0 Å². The van der Waals surface area contributed by atoms with E-state index >= 15 is 0 Å². The second-order valence-electron chi connectivity index (χ2n) is 3.75. The van der Waals surface area contributed by atoms with Crippen molar-refractivity contribution in [2.75, 3.05) is 6.61 Å². The maximum Gasteiger partial charge on any atom is 0.311 e. The minimum Gasteiger partial charge on any atom is -0.466 e. The van der Waals surface area contributed by atoms with Crippen LogP contribution in [-0.2, 0) is 22.4 Å². The molecule has 5 heteroatoms. The Morgan fingerprint density at radius 2 is 2.17 bits per heavy atom. The summed E-state index contributed by atoms with van der Waals surface area (Å²) in [5.41, 5.74) is 1.95. The van der Waals surface area contributed by atoms with E-state index in [-0.39, 0.29) is 12.4 Å². The molecular weight excluding hydrogens is 248 g/mol. The highest BCUT2D eigenvalue weighted by Crippen LogP contribution is 2.15. The third kappa shape index (κ3) is 3.63. The van der Waals surface area contributed by atoms with E-state index in [1.165, 1.54) is 5.56 Å². The largest absolute Gasteiger partial charge is 0.466 e. The molecule has 0 N–H and O–H groups in total. The van der Waals surface area contributed by atoms with Crippen LogP contribution in [0.1, 0.15) is 23.2 Å². The Morgan fingerprint density at radius 3 is 2.89 bits per heavy atom. The van der Waals surface area contributed by atoms with Crippen molar-refractivity contribution in [3.63, 3.8) is 0 Å². The number of hydrogen-bond acceptors (Lipinski definition) is 5. The van der Waals surface area contributed by atoms with Crippen molar-refractivity contribution in [2.24, 2.45) is 0 Å². The summed E-state index contributed by atoms with van der Waals surface area (Å²) in [7, 11) is 0. The number of nitrogens with zero attached hydrogens (tertiary/aromatic N) is 2. The number of ether oxygens (including phenoxy) is 1. The van der Waals surface area contributed by atoms with E-state index in [1.54, 1.807) is 30.7 Å². The number of hydrogen-bond donors (Lipinski definition) is 0. The molecule has 2 heterocycles. The average Bonchev–Trinajstić information content (AvgIpc) is 2.78. The summed E-state index contributed by atoms with van der Waals surface area (Å²) < 4.78 is 4.89. The van der Waals surface area contributed by atoms with E-state index in [2.05, 4.69) is 9.97 Å². The Bertz CT molecular complexity index is 511. The first-order chi connectivity index (χ1) is 8.78. The second-order valence-corrected chi connectivity index (χ2v) is 4.69. The number of aromatic nitrogens is 2. The number of esters is 1. The highest BCUT2D eigenvalue weighted by molar-refractivity contribution is 7.09. The molecule has 94 valence electrons. The van der Waals surface area contributed by atoms with Crippen molar-refractivity contribution < 1.29 is 9.53 Å². The van der Waals surface area contributed by atoms with Gasteiger partial charge in [0.25, 0.3) is 0 Å². The highest BCUT2D eigenvalue weighted by Gasteiger charge is 2.08. The molecule has 0 aliphatic heterocycles. The van der Waals surface area contributed by atoms with Gasteiger partial charge in [-0.05, 0) is 24.6 Å². The van der Waals surface area contributed by atoms with Crippen molar-refractivity contribution >= 4 is 17.3 Å². The lowest BCUT2D eigenvalue weighted by atomic mass is 10.2. The van der Waals surface area contributed by atoms with Crippen LogP contribution in [0.3, 0.4) is 0 Å². The van der Waals surface area contributed by atoms with Gasteiger partial charge < -0.3 is 4.74 Å². The lowest BCUT2D eigenvalue weighted by Gasteiger charge is -1.98. The fourth-order valence-electron chi connectivity index (χ4n) is 1.55. The zero-order valence-electron chi connectivity index (χ0n) is 10.1. The third-order valence-electron chi connectivity index (χ3n) is 2.33. The fraction of sp³-hybridized carbons (Fsp3) is 0.308. The molecule has 0 bridgehead atoms. The predicted octanol–water partition coefficient (Wildman–Crippen LogP) is 2.23. The van der Waals surface area contributed by atoms with E-state index in [9.17, 15) is 4.79 Å². The lowest BCUT2D eigenvalue weighted by Crippen LogP contribution is -2.07. The smallest absolute Gasteiger partial charge is 0.311 e. The monoisotopic (exact) mass is 262 g/mol. The Labute approximate surface area is 110 Å². The summed E-state index contributed by atoms with van der Waals surface area (Å²) in [6, 6.07) is 3.93. The highest BCUT2D eigenvalue weighted by atomic mass is 32.1. The number of thiazole rings is 1. The molecule has 0 radical (unpaired) electrons. The molecule has 0 aromatic carbocycles. The van der Waals surface area contributed by atoms with Gasteiger partial charge in [0, 0.05) is 24.2 Å². The Balaban J connectivity index is 1.96. The van der Waals surface area contributed by atoms with Gasteiger partial charge in [-0.3, -0.25) is 9.78 Å². The van der Waals surface area contributed by atoms with Crippen LogP contribution in [0.4, 0.5) is 0 Å². The SMILES string of the molecule is CCOC(=O)Cc1csc(Cc2ccncc2)n1. The van der Waals surface area contributed by atoms with Crippen LogP contribution in [0.25, 0.3) is 0 Å². The summed E-state index contributed by atoms with van der Waals surface area (Å²) in [6.45, 7) is 2.21. The molecule has 2 rings (SSSR count). The summed E-state index contributed by atoms with van der Waals surface area (Å²) in [5.74, 6) is -0.224. The fourth-order valence-corrected chi connectivity index (χ4v) is 2.37. The Hall–Kier alpha value is -1.75.